The zero-order chi connectivity index (χ0) is 29.0. The molecule has 0 saturated heterocycles. The van der Waals surface area contributed by atoms with Crippen molar-refractivity contribution in [3.05, 3.63) is 164 Å². The lowest BCUT2D eigenvalue weighted by Gasteiger charge is -2.28. The van der Waals surface area contributed by atoms with Gasteiger partial charge in [0.25, 0.3) is 0 Å². The first kappa shape index (κ1) is 25.1. The molecule has 0 radical (unpaired) electrons. The second kappa shape index (κ2) is 10.1. The van der Waals surface area contributed by atoms with E-state index in [1.54, 1.807) is 0 Å². The lowest BCUT2D eigenvalue weighted by molar-refractivity contribution is 1.32. The Hall–Kier alpha value is -5.44. The summed E-state index contributed by atoms with van der Waals surface area (Å²) in [7, 11) is 0. The van der Waals surface area contributed by atoms with Gasteiger partial charge in [-0.3, -0.25) is 0 Å². The molecule has 0 unspecified atom stereocenters. The second-order valence-corrected chi connectivity index (χ2v) is 12.4. The van der Waals surface area contributed by atoms with E-state index < -0.39 is 0 Å². The van der Waals surface area contributed by atoms with Crippen LogP contribution in [0.15, 0.2) is 164 Å². The topological polar surface area (TPSA) is 3.24 Å². The molecule has 0 spiro atoms. The first-order valence-corrected chi connectivity index (χ1v) is 15.8. The minimum absolute atomic E-state index is 1.14. The smallest absolute Gasteiger partial charge is 0.0640 e. The molecule has 0 amide bonds. The van der Waals surface area contributed by atoms with Crippen molar-refractivity contribution in [1.82, 2.24) is 0 Å². The van der Waals surface area contributed by atoms with Crippen LogP contribution < -0.4 is 4.90 Å². The molecule has 1 heterocycles. The van der Waals surface area contributed by atoms with Crippen LogP contribution >= 0.6 is 11.3 Å². The highest BCUT2D eigenvalue weighted by Gasteiger charge is 2.21. The molecule has 0 bridgehead atoms. The predicted molar refractivity (Wildman–Crippen MR) is 192 cm³/mol. The highest BCUT2D eigenvalue weighted by Crippen LogP contribution is 2.48. The van der Waals surface area contributed by atoms with Crippen molar-refractivity contribution in [3.8, 4) is 11.1 Å². The van der Waals surface area contributed by atoms with Crippen LogP contribution in [0.5, 0.6) is 0 Å². The summed E-state index contributed by atoms with van der Waals surface area (Å²) in [6, 6.07) is 59.8. The Morgan fingerprint density at radius 2 is 1.02 bits per heavy atom. The fraction of sp³-hybridized carbons (Fsp3) is 0. The van der Waals surface area contributed by atoms with Crippen molar-refractivity contribution < 1.29 is 0 Å². The zero-order valence-electron chi connectivity index (χ0n) is 23.9. The number of nitrogens with zero attached hydrogens (tertiary/aromatic N) is 1. The minimum Gasteiger partial charge on any atom is -0.308 e. The number of hydrogen-bond acceptors (Lipinski definition) is 2. The molecular formula is C42H27NS. The first-order valence-electron chi connectivity index (χ1n) is 15.0. The van der Waals surface area contributed by atoms with Crippen molar-refractivity contribution in [1.29, 1.82) is 0 Å². The van der Waals surface area contributed by atoms with E-state index >= 15 is 0 Å². The number of hydrogen-bond donors (Lipinski definition) is 0. The summed E-state index contributed by atoms with van der Waals surface area (Å²) < 4.78 is 2.60. The van der Waals surface area contributed by atoms with Gasteiger partial charge in [-0.2, -0.15) is 0 Å². The van der Waals surface area contributed by atoms with Gasteiger partial charge in [0.2, 0.25) is 0 Å². The fourth-order valence-electron chi connectivity index (χ4n) is 6.73. The Bertz CT molecular complexity index is 2520. The Labute approximate surface area is 259 Å². The largest absolute Gasteiger partial charge is 0.308 e. The van der Waals surface area contributed by atoms with E-state index in [0.29, 0.717) is 0 Å². The van der Waals surface area contributed by atoms with Gasteiger partial charge in [0, 0.05) is 26.5 Å². The maximum atomic E-state index is 2.48. The molecule has 0 saturated carbocycles. The second-order valence-electron chi connectivity index (χ2n) is 11.4. The van der Waals surface area contributed by atoms with Gasteiger partial charge < -0.3 is 4.90 Å². The van der Waals surface area contributed by atoms with E-state index in [2.05, 4.69) is 169 Å². The fourth-order valence-corrected chi connectivity index (χ4v) is 7.94. The van der Waals surface area contributed by atoms with Gasteiger partial charge in [-0.05, 0) is 74.5 Å². The van der Waals surface area contributed by atoms with Gasteiger partial charge in [0.15, 0.2) is 0 Å². The number of anilines is 3. The molecule has 1 aromatic heterocycles. The number of rotatable bonds is 4. The van der Waals surface area contributed by atoms with Crippen molar-refractivity contribution >= 4 is 80.9 Å². The first-order chi connectivity index (χ1) is 21.8. The molecule has 1 nitrogen and oxygen atoms in total. The summed E-state index contributed by atoms with van der Waals surface area (Å²) in [5.74, 6) is 0. The maximum Gasteiger partial charge on any atom is 0.0640 e. The molecule has 9 rings (SSSR count). The van der Waals surface area contributed by atoms with Crippen LogP contribution in [0.3, 0.4) is 0 Å². The average Bonchev–Trinajstić information content (AvgIpc) is 3.48. The SMILES string of the molecule is c1cc(-c2ccc3ccccc3c2)cc(N(c2cc3ccccc3c3ccccc23)c2cccc3c2sc2ccccc23)c1. The van der Waals surface area contributed by atoms with E-state index in [0.717, 1.165) is 5.69 Å². The third-order valence-corrected chi connectivity index (χ3v) is 10.0. The molecule has 9 aromatic rings. The lowest BCUT2D eigenvalue weighted by Crippen LogP contribution is -2.11. The Morgan fingerprint density at radius 1 is 0.364 bits per heavy atom. The lowest BCUT2D eigenvalue weighted by atomic mass is 9.98. The molecule has 44 heavy (non-hydrogen) atoms. The molecule has 8 aromatic carbocycles. The van der Waals surface area contributed by atoms with E-state index in [-0.39, 0.29) is 0 Å². The van der Waals surface area contributed by atoms with E-state index in [4.69, 9.17) is 0 Å². The van der Waals surface area contributed by atoms with E-state index in [9.17, 15) is 0 Å². The number of fused-ring (bicyclic) bond motifs is 7. The molecule has 0 atom stereocenters. The van der Waals surface area contributed by atoms with Crippen molar-refractivity contribution in [2.24, 2.45) is 0 Å². The van der Waals surface area contributed by atoms with Crippen LogP contribution in [0.4, 0.5) is 17.1 Å². The van der Waals surface area contributed by atoms with Gasteiger partial charge >= 0.3 is 0 Å². The molecule has 0 aliphatic heterocycles. The Kier molecular flexibility index (Phi) is 5.75. The standard InChI is InChI=1S/C42H27NS/c1-2-12-29-25-31(24-23-28(29)11-1)30-14-9-15-33(26-30)43(39-21-10-20-38-37-19-7-8-22-41(37)44-42(38)39)40-27-32-13-3-4-16-34(32)35-17-5-6-18-36(35)40/h1-27H. The minimum atomic E-state index is 1.14. The van der Waals surface area contributed by atoms with Crippen LogP contribution in [0.2, 0.25) is 0 Å². The monoisotopic (exact) mass is 577 g/mol. The molecule has 0 N–H and O–H groups in total. The maximum absolute atomic E-state index is 2.48. The van der Waals surface area contributed by atoms with Gasteiger partial charge in [-0.25, -0.2) is 0 Å². The summed E-state index contributed by atoms with van der Waals surface area (Å²) >= 11 is 1.88. The van der Waals surface area contributed by atoms with Gasteiger partial charge in [0.05, 0.1) is 16.1 Å². The molecule has 2 heteroatoms. The van der Waals surface area contributed by atoms with Gasteiger partial charge in [0.1, 0.15) is 0 Å². The molecule has 0 aliphatic rings. The van der Waals surface area contributed by atoms with Crippen molar-refractivity contribution in [3.63, 3.8) is 0 Å². The summed E-state index contributed by atoms with van der Waals surface area (Å²) in [5.41, 5.74) is 5.93. The molecular weight excluding hydrogens is 551 g/mol. The quantitative estimate of drug-likeness (QED) is 0.188. The van der Waals surface area contributed by atoms with Crippen LogP contribution in [0, 0.1) is 0 Å². The summed E-state index contributed by atoms with van der Waals surface area (Å²) in [5, 5.41) is 10.1. The van der Waals surface area contributed by atoms with Crippen molar-refractivity contribution in [2.45, 2.75) is 0 Å². The molecule has 0 fully saturated rings. The number of thiophene rings is 1. The molecule has 0 aliphatic carbocycles. The van der Waals surface area contributed by atoms with Gasteiger partial charge in [-0.15, -0.1) is 11.3 Å². The third-order valence-electron chi connectivity index (χ3n) is 8.80. The van der Waals surface area contributed by atoms with E-state index in [1.807, 2.05) is 11.3 Å². The third kappa shape index (κ3) is 4.00. The van der Waals surface area contributed by atoms with Crippen LogP contribution in [-0.4, -0.2) is 0 Å². The highest BCUT2D eigenvalue weighted by atomic mass is 32.1. The summed E-state index contributed by atoms with van der Waals surface area (Å²) in [6.45, 7) is 0. The zero-order valence-corrected chi connectivity index (χ0v) is 24.8. The van der Waals surface area contributed by atoms with E-state index in [1.165, 1.54) is 75.0 Å². The van der Waals surface area contributed by atoms with Crippen LogP contribution in [0.25, 0.3) is 63.6 Å². The Balaban J connectivity index is 1.35. The number of benzene rings is 8. The van der Waals surface area contributed by atoms with Crippen LogP contribution in [-0.2, 0) is 0 Å². The predicted octanol–water partition coefficient (Wildman–Crippen LogP) is 12.7. The average molecular weight is 578 g/mol. The normalized spacial score (nSPS) is 11.6. The van der Waals surface area contributed by atoms with Crippen LogP contribution in [0.1, 0.15) is 0 Å². The Morgan fingerprint density at radius 3 is 1.91 bits per heavy atom. The summed E-state index contributed by atoms with van der Waals surface area (Å²) in [4.78, 5) is 2.48. The molecule has 206 valence electrons. The summed E-state index contributed by atoms with van der Waals surface area (Å²) in [6.07, 6.45) is 0. The highest BCUT2D eigenvalue weighted by molar-refractivity contribution is 7.26. The van der Waals surface area contributed by atoms with Crippen molar-refractivity contribution in [2.75, 3.05) is 4.90 Å². The van der Waals surface area contributed by atoms with Gasteiger partial charge in [-0.1, -0.05) is 127 Å².